The maximum Gasteiger partial charge on any atom is 0.326 e. The Morgan fingerprint density at radius 2 is 1.94 bits per heavy atom. The van der Waals surface area contributed by atoms with Crippen LogP contribution in [0.3, 0.4) is 0 Å². The molecule has 2 N–H and O–H groups in total. The summed E-state index contributed by atoms with van der Waals surface area (Å²) in [5.41, 5.74) is 2.66. The number of carboxylic acid groups (broad SMARTS) is 1. The number of amides is 1. The normalized spacial score (nSPS) is 43.5. The average Bonchev–Trinajstić information content (AvgIpc) is 3.39. The van der Waals surface area contributed by atoms with Gasteiger partial charge in [0, 0.05) is 6.54 Å². The first-order chi connectivity index (χ1) is 15.7. The summed E-state index contributed by atoms with van der Waals surface area (Å²) in [6.07, 6.45) is 11.9. The molecular formula is C26H38N2O5. The van der Waals surface area contributed by atoms with E-state index in [4.69, 9.17) is 4.84 Å². The first-order valence-corrected chi connectivity index (χ1v) is 12.8. The summed E-state index contributed by atoms with van der Waals surface area (Å²) < 4.78 is 0. The van der Waals surface area contributed by atoms with Crippen LogP contribution in [0.4, 0.5) is 0 Å². The van der Waals surface area contributed by atoms with Crippen LogP contribution in [0.2, 0.25) is 0 Å². The second-order valence-electron chi connectivity index (χ2n) is 11.6. The molecule has 1 heterocycles. The zero-order valence-electron chi connectivity index (χ0n) is 20.0. The molecule has 4 fully saturated rings. The lowest BCUT2D eigenvalue weighted by Gasteiger charge is -2.57. The quantitative estimate of drug-likeness (QED) is 0.625. The molecule has 1 saturated heterocycles. The number of carboxylic acids is 1. The van der Waals surface area contributed by atoms with Crippen LogP contribution in [0.15, 0.2) is 16.8 Å². The molecule has 182 valence electrons. The van der Waals surface area contributed by atoms with Gasteiger partial charge < -0.3 is 20.0 Å². The van der Waals surface area contributed by atoms with Gasteiger partial charge in [-0.1, -0.05) is 24.6 Å². The molecule has 0 radical (unpaired) electrons. The number of carbonyl (C=O) groups excluding carboxylic acids is 1. The summed E-state index contributed by atoms with van der Waals surface area (Å²) in [6.45, 7) is 5.02. The Morgan fingerprint density at radius 1 is 1.12 bits per heavy atom. The molecule has 5 rings (SSSR count). The fourth-order valence-corrected chi connectivity index (χ4v) is 8.19. The van der Waals surface area contributed by atoms with Gasteiger partial charge in [0.05, 0.1) is 11.8 Å². The van der Waals surface area contributed by atoms with Crippen molar-refractivity contribution < 1.29 is 24.6 Å². The molecule has 0 aromatic rings. The van der Waals surface area contributed by atoms with Gasteiger partial charge in [-0.2, -0.15) is 0 Å². The van der Waals surface area contributed by atoms with E-state index in [1.54, 1.807) is 0 Å². The van der Waals surface area contributed by atoms with Crippen molar-refractivity contribution >= 4 is 17.6 Å². The molecule has 5 aliphatic rings. The van der Waals surface area contributed by atoms with E-state index < -0.39 is 12.0 Å². The molecule has 7 heteroatoms. The average molecular weight is 459 g/mol. The van der Waals surface area contributed by atoms with Gasteiger partial charge >= 0.3 is 5.97 Å². The molecule has 1 amide bonds. The lowest BCUT2D eigenvalue weighted by Crippen LogP contribution is -2.51. The number of aliphatic hydroxyl groups is 1. The zero-order valence-corrected chi connectivity index (χ0v) is 20.0. The van der Waals surface area contributed by atoms with E-state index in [9.17, 15) is 19.8 Å². The number of hydrogen-bond acceptors (Lipinski definition) is 5. The second-order valence-corrected chi connectivity index (χ2v) is 11.6. The Hall–Kier alpha value is -1.89. The van der Waals surface area contributed by atoms with Crippen LogP contribution in [-0.2, 0) is 14.4 Å². The van der Waals surface area contributed by atoms with Crippen LogP contribution in [0, 0.1) is 28.6 Å². The van der Waals surface area contributed by atoms with Crippen LogP contribution in [0.25, 0.3) is 0 Å². The number of rotatable bonds is 4. The van der Waals surface area contributed by atoms with Crippen LogP contribution in [-0.4, -0.2) is 58.0 Å². The minimum absolute atomic E-state index is 0.107. The lowest BCUT2D eigenvalue weighted by atomic mass is 9.47. The highest BCUT2D eigenvalue weighted by atomic mass is 16.6. The third-order valence-corrected chi connectivity index (χ3v) is 10.2. The van der Waals surface area contributed by atoms with E-state index >= 15 is 0 Å². The number of oxime groups is 1. The van der Waals surface area contributed by atoms with Crippen LogP contribution in [0.1, 0.15) is 78.1 Å². The van der Waals surface area contributed by atoms with Crippen molar-refractivity contribution in [3.63, 3.8) is 0 Å². The van der Waals surface area contributed by atoms with Gasteiger partial charge in [0.2, 0.25) is 0 Å². The molecular weight excluding hydrogens is 420 g/mol. The molecule has 0 bridgehead atoms. The predicted molar refractivity (Wildman–Crippen MR) is 123 cm³/mol. The molecule has 4 aliphatic carbocycles. The van der Waals surface area contributed by atoms with Crippen LogP contribution >= 0.6 is 0 Å². The Morgan fingerprint density at radius 3 is 2.73 bits per heavy atom. The van der Waals surface area contributed by atoms with Crippen LogP contribution in [0.5, 0.6) is 0 Å². The van der Waals surface area contributed by atoms with E-state index in [0.717, 1.165) is 37.8 Å². The Balaban J connectivity index is 1.24. The summed E-state index contributed by atoms with van der Waals surface area (Å²) in [5.74, 6) is 0.775. The fraction of sp³-hybridized carbons (Fsp3) is 0.808. The zero-order chi connectivity index (χ0) is 23.4. The van der Waals surface area contributed by atoms with Crippen molar-refractivity contribution in [2.45, 2.75) is 90.2 Å². The fourth-order valence-electron chi connectivity index (χ4n) is 8.19. The molecule has 0 aromatic carbocycles. The minimum Gasteiger partial charge on any atom is -0.480 e. The van der Waals surface area contributed by atoms with Crippen molar-refractivity contribution in [2.24, 2.45) is 33.7 Å². The van der Waals surface area contributed by atoms with Crippen molar-refractivity contribution in [2.75, 3.05) is 13.2 Å². The van der Waals surface area contributed by atoms with Crippen molar-refractivity contribution in [3.05, 3.63) is 11.6 Å². The number of aliphatic hydroxyl groups excluding tert-OH is 1. The SMILES string of the molecule is C[C@]12CCC3C(CCC4=CC(=NOCC(=O)N5CCCC5C(=O)O)CC[C@@]43C)C1CCC2O. The smallest absolute Gasteiger partial charge is 0.326 e. The molecule has 7 atom stereocenters. The summed E-state index contributed by atoms with van der Waals surface area (Å²) in [4.78, 5) is 30.5. The van der Waals surface area contributed by atoms with E-state index in [2.05, 4.69) is 25.1 Å². The topological polar surface area (TPSA) is 99.4 Å². The van der Waals surface area contributed by atoms with Gasteiger partial charge in [0.25, 0.3) is 5.91 Å². The Kier molecular flexibility index (Phi) is 5.82. The van der Waals surface area contributed by atoms with Gasteiger partial charge in [-0.15, -0.1) is 0 Å². The summed E-state index contributed by atoms with van der Waals surface area (Å²) in [7, 11) is 0. The minimum atomic E-state index is -0.950. The van der Waals surface area contributed by atoms with Crippen molar-refractivity contribution in [1.29, 1.82) is 0 Å². The Bertz CT molecular complexity index is 884. The molecule has 33 heavy (non-hydrogen) atoms. The monoisotopic (exact) mass is 458 g/mol. The van der Waals surface area contributed by atoms with Gasteiger partial charge in [-0.05, 0) is 98.9 Å². The third-order valence-electron chi connectivity index (χ3n) is 10.2. The number of aliphatic carboxylic acids is 1. The van der Waals surface area contributed by atoms with E-state index in [1.807, 2.05) is 0 Å². The summed E-state index contributed by atoms with van der Waals surface area (Å²) >= 11 is 0. The third kappa shape index (κ3) is 3.71. The van der Waals surface area contributed by atoms with Crippen molar-refractivity contribution in [3.8, 4) is 0 Å². The predicted octanol–water partition coefficient (Wildman–Crippen LogP) is 3.76. The second kappa shape index (κ2) is 8.40. The van der Waals surface area contributed by atoms with Crippen LogP contribution < -0.4 is 0 Å². The number of allylic oxidation sites excluding steroid dienone is 2. The first-order valence-electron chi connectivity index (χ1n) is 12.8. The van der Waals surface area contributed by atoms with Crippen molar-refractivity contribution in [1.82, 2.24) is 4.90 Å². The van der Waals surface area contributed by atoms with Gasteiger partial charge in [-0.3, -0.25) is 4.79 Å². The molecule has 0 aromatic heterocycles. The number of likely N-dealkylation sites (tertiary alicyclic amines) is 1. The highest BCUT2D eigenvalue weighted by Crippen LogP contribution is 2.65. The summed E-state index contributed by atoms with van der Waals surface area (Å²) in [5, 5.41) is 24.2. The maximum absolute atomic E-state index is 12.4. The molecule has 5 unspecified atom stereocenters. The first kappa shape index (κ1) is 22.9. The van der Waals surface area contributed by atoms with Gasteiger partial charge in [-0.25, -0.2) is 4.79 Å². The lowest BCUT2D eigenvalue weighted by molar-refractivity contribution is -0.150. The maximum atomic E-state index is 12.4. The van der Waals surface area contributed by atoms with E-state index in [-0.39, 0.29) is 29.4 Å². The highest BCUT2D eigenvalue weighted by molar-refractivity contribution is 5.96. The standard InChI is InChI=1S/C26H38N2O5/c1-25-11-9-17(27-33-15-23(30)28-13-3-4-21(28)24(31)32)14-16(25)5-6-18-19-7-8-22(29)26(19,2)12-10-20(18)25/h14,18-22,29H,3-13,15H2,1-2H3,(H,31,32)/t18?,19?,20?,21?,22?,25-,26-/m0/s1. The van der Waals surface area contributed by atoms with E-state index in [1.165, 1.54) is 29.7 Å². The number of fused-ring (bicyclic) bond motifs is 5. The largest absolute Gasteiger partial charge is 0.480 e. The summed E-state index contributed by atoms with van der Waals surface area (Å²) in [6, 6.07) is -0.736. The number of carbonyl (C=O) groups is 2. The number of nitrogens with zero attached hydrogens (tertiary/aromatic N) is 2. The molecule has 0 spiro atoms. The molecule has 7 nitrogen and oxygen atoms in total. The van der Waals surface area contributed by atoms with Gasteiger partial charge in [0.1, 0.15) is 6.04 Å². The molecule has 3 saturated carbocycles. The van der Waals surface area contributed by atoms with Gasteiger partial charge in [0.15, 0.2) is 6.61 Å². The molecule has 1 aliphatic heterocycles. The Labute approximate surface area is 196 Å². The number of hydrogen-bond donors (Lipinski definition) is 2. The van der Waals surface area contributed by atoms with E-state index in [0.29, 0.717) is 37.1 Å². The highest BCUT2D eigenvalue weighted by Gasteiger charge is 2.58.